The maximum absolute atomic E-state index is 11.3. The second-order valence-electron chi connectivity index (χ2n) is 5.08. The molecule has 118 valence electrons. The van der Waals surface area contributed by atoms with Gasteiger partial charge in [-0.25, -0.2) is 0 Å². The van der Waals surface area contributed by atoms with E-state index in [9.17, 15) is 9.90 Å². The number of carboxylic acid groups (broad SMARTS) is 1. The number of ether oxygens (including phenoxy) is 1. The lowest BCUT2D eigenvalue weighted by atomic mass is 10.0. The lowest BCUT2D eigenvalue weighted by Crippen LogP contribution is -2.01. The van der Waals surface area contributed by atoms with Crippen LogP contribution in [0.4, 0.5) is 0 Å². The zero-order valence-electron chi connectivity index (χ0n) is 12.2. The van der Waals surface area contributed by atoms with Gasteiger partial charge in [-0.05, 0) is 42.0 Å². The minimum absolute atomic E-state index is 0.106. The van der Waals surface area contributed by atoms with Crippen molar-refractivity contribution in [2.24, 2.45) is 0 Å². The van der Waals surface area contributed by atoms with Gasteiger partial charge >= 0.3 is 5.97 Å². The van der Waals surface area contributed by atoms with Crippen LogP contribution in [-0.4, -0.2) is 23.2 Å². The number of H-pyrrole nitrogens is 1. The number of hydrogen-bond donors (Lipinski definition) is 2. The van der Waals surface area contributed by atoms with E-state index in [1.54, 1.807) is 19.2 Å². The normalized spacial score (nSPS) is 10.9. The summed E-state index contributed by atoms with van der Waals surface area (Å²) in [5, 5.41) is 10.6. The standard InChI is InChI=1S/C17H13BrClNO3/c1-23-15-5-2-9(18)6-13(15)17-12(8-16(21)22)11-7-10(19)3-4-14(11)20-17/h2-7,20H,8H2,1H3,(H,21,22). The first-order chi connectivity index (χ1) is 11.0. The molecule has 0 saturated heterocycles. The van der Waals surface area contributed by atoms with Crippen LogP contribution in [0.5, 0.6) is 5.75 Å². The van der Waals surface area contributed by atoms with Gasteiger partial charge in [-0.1, -0.05) is 27.5 Å². The molecular formula is C17H13BrClNO3. The van der Waals surface area contributed by atoms with Gasteiger partial charge in [0.2, 0.25) is 0 Å². The van der Waals surface area contributed by atoms with Crippen molar-refractivity contribution in [2.75, 3.05) is 7.11 Å². The number of halogens is 2. The van der Waals surface area contributed by atoms with Crippen LogP contribution in [0.25, 0.3) is 22.2 Å². The number of fused-ring (bicyclic) bond motifs is 1. The molecule has 0 aliphatic rings. The Balaban J connectivity index is 2.32. The Labute approximate surface area is 146 Å². The molecule has 3 aromatic rings. The molecule has 3 rings (SSSR count). The Morgan fingerprint density at radius 3 is 2.78 bits per heavy atom. The number of methoxy groups -OCH3 is 1. The Morgan fingerprint density at radius 2 is 2.09 bits per heavy atom. The Kier molecular flexibility index (Phi) is 4.33. The summed E-state index contributed by atoms with van der Waals surface area (Å²) >= 11 is 9.52. The molecule has 0 radical (unpaired) electrons. The SMILES string of the molecule is COc1ccc(Br)cc1-c1[nH]c2ccc(Cl)cc2c1CC(=O)O. The summed E-state index contributed by atoms with van der Waals surface area (Å²) in [5.41, 5.74) is 3.04. The van der Waals surface area contributed by atoms with Crippen LogP contribution >= 0.6 is 27.5 Å². The molecule has 0 unspecified atom stereocenters. The summed E-state index contributed by atoms with van der Waals surface area (Å²) < 4.78 is 6.30. The van der Waals surface area contributed by atoms with Gasteiger partial charge in [0.05, 0.1) is 19.2 Å². The number of carbonyl (C=O) groups is 1. The molecule has 0 bridgehead atoms. The lowest BCUT2D eigenvalue weighted by molar-refractivity contribution is -0.136. The van der Waals surface area contributed by atoms with Gasteiger partial charge in [-0.2, -0.15) is 0 Å². The maximum atomic E-state index is 11.3. The number of nitrogens with one attached hydrogen (secondary N) is 1. The van der Waals surface area contributed by atoms with Crippen molar-refractivity contribution in [3.63, 3.8) is 0 Å². The van der Waals surface area contributed by atoms with Crippen LogP contribution in [0.1, 0.15) is 5.56 Å². The molecule has 1 aromatic heterocycles. The van der Waals surface area contributed by atoms with Crippen molar-refractivity contribution < 1.29 is 14.6 Å². The summed E-state index contributed by atoms with van der Waals surface area (Å²) in [6, 6.07) is 11.0. The molecule has 4 nitrogen and oxygen atoms in total. The quantitative estimate of drug-likeness (QED) is 0.662. The van der Waals surface area contributed by atoms with Crippen LogP contribution < -0.4 is 4.74 Å². The highest BCUT2D eigenvalue weighted by Crippen LogP contribution is 2.38. The minimum atomic E-state index is -0.902. The maximum Gasteiger partial charge on any atom is 0.307 e. The van der Waals surface area contributed by atoms with Crippen LogP contribution in [0, 0.1) is 0 Å². The van der Waals surface area contributed by atoms with Crippen molar-refractivity contribution in [1.29, 1.82) is 0 Å². The first kappa shape index (κ1) is 15.9. The van der Waals surface area contributed by atoms with E-state index in [-0.39, 0.29) is 6.42 Å². The van der Waals surface area contributed by atoms with Crippen LogP contribution in [0.2, 0.25) is 5.02 Å². The highest BCUT2D eigenvalue weighted by molar-refractivity contribution is 9.10. The third-order valence-electron chi connectivity index (χ3n) is 3.63. The average Bonchev–Trinajstić information content (AvgIpc) is 2.84. The molecule has 1 heterocycles. The van der Waals surface area contributed by atoms with Crippen LogP contribution in [0.3, 0.4) is 0 Å². The Hall–Kier alpha value is -1.98. The molecule has 0 amide bonds. The smallest absolute Gasteiger partial charge is 0.307 e. The molecule has 0 atom stereocenters. The predicted molar refractivity (Wildman–Crippen MR) is 94.3 cm³/mol. The van der Waals surface area contributed by atoms with Gasteiger partial charge < -0.3 is 14.8 Å². The second-order valence-corrected chi connectivity index (χ2v) is 6.44. The zero-order chi connectivity index (χ0) is 16.6. The number of hydrogen-bond acceptors (Lipinski definition) is 2. The van der Waals surface area contributed by atoms with Gasteiger partial charge in [0.25, 0.3) is 0 Å². The van der Waals surface area contributed by atoms with Crippen LogP contribution in [-0.2, 0) is 11.2 Å². The first-order valence-electron chi connectivity index (χ1n) is 6.85. The lowest BCUT2D eigenvalue weighted by Gasteiger charge is -2.09. The molecule has 2 aromatic carbocycles. The second kappa shape index (κ2) is 6.26. The number of carboxylic acids is 1. The zero-order valence-corrected chi connectivity index (χ0v) is 14.5. The van der Waals surface area contributed by atoms with E-state index in [0.717, 1.165) is 26.6 Å². The van der Waals surface area contributed by atoms with Crippen molar-refractivity contribution in [3.8, 4) is 17.0 Å². The number of aromatic nitrogens is 1. The summed E-state index contributed by atoms with van der Waals surface area (Å²) in [4.78, 5) is 14.6. The monoisotopic (exact) mass is 393 g/mol. The van der Waals surface area contributed by atoms with E-state index in [1.165, 1.54) is 0 Å². The number of aromatic amines is 1. The third-order valence-corrected chi connectivity index (χ3v) is 4.36. The van der Waals surface area contributed by atoms with E-state index >= 15 is 0 Å². The van der Waals surface area contributed by atoms with Gasteiger partial charge in [0.1, 0.15) is 5.75 Å². The Bertz CT molecular complexity index is 904. The average molecular weight is 395 g/mol. The Morgan fingerprint density at radius 1 is 1.30 bits per heavy atom. The van der Waals surface area contributed by atoms with Gasteiger partial charge in [-0.15, -0.1) is 0 Å². The van der Waals surface area contributed by atoms with Crippen molar-refractivity contribution in [3.05, 3.63) is 51.5 Å². The number of benzene rings is 2. The molecule has 0 fully saturated rings. The highest BCUT2D eigenvalue weighted by atomic mass is 79.9. The summed E-state index contributed by atoms with van der Waals surface area (Å²) in [5.74, 6) is -0.237. The number of aliphatic carboxylic acids is 1. The van der Waals surface area contributed by atoms with Gasteiger partial charge in [0.15, 0.2) is 0 Å². The van der Waals surface area contributed by atoms with Crippen molar-refractivity contribution in [2.45, 2.75) is 6.42 Å². The molecule has 0 aliphatic carbocycles. The van der Waals surface area contributed by atoms with E-state index in [0.29, 0.717) is 16.3 Å². The van der Waals surface area contributed by atoms with Crippen molar-refractivity contribution in [1.82, 2.24) is 4.98 Å². The fraction of sp³-hybridized carbons (Fsp3) is 0.118. The van der Waals surface area contributed by atoms with E-state index in [4.69, 9.17) is 16.3 Å². The fourth-order valence-electron chi connectivity index (χ4n) is 2.66. The first-order valence-corrected chi connectivity index (χ1v) is 8.02. The van der Waals surface area contributed by atoms with Crippen molar-refractivity contribution >= 4 is 44.4 Å². The number of rotatable bonds is 4. The van der Waals surface area contributed by atoms with Gasteiger partial charge in [-0.3, -0.25) is 4.79 Å². The van der Waals surface area contributed by atoms with E-state index in [1.807, 2.05) is 24.3 Å². The molecule has 0 saturated carbocycles. The van der Waals surface area contributed by atoms with Crippen LogP contribution in [0.15, 0.2) is 40.9 Å². The fourth-order valence-corrected chi connectivity index (χ4v) is 3.19. The molecule has 0 spiro atoms. The summed E-state index contributed by atoms with van der Waals surface area (Å²) in [7, 11) is 1.59. The largest absolute Gasteiger partial charge is 0.496 e. The molecular weight excluding hydrogens is 382 g/mol. The van der Waals surface area contributed by atoms with E-state index in [2.05, 4.69) is 20.9 Å². The van der Waals surface area contributed by atoms with Gasteiger partial charge in [0, 0.05) is 26.0 Å². The molecule has 0 aliphatic heterocycles. The molecule has 6 heteroatoms. The predicted octanol–water partition coefficient (Wildman–Crippen LogP) is 4.89. The summed E-state index contributed by atoms with van der Waals surface area (Å²) in [6.45, 7) is 0. The topological polar surface area (TPSA) is 62.3 Å². The molecule has 23 heavy (non-hydrogen) atoms. The third kappa shape index (κ3) is 3.07. The summed E-state index contributed by atoms with van der Waals surface area (Å²) in [6.07, 6.45) is -0.106. The minimum Gasteiger partial charge on any atom is -0.496 e. The van der Waals surface area contributed by atoms with E-state index < -0.39 is 5.97 Å². The molecule has 2 N–H and O–H groups in total. The highest BCUT2D eigenvalue weighted by Gasteiger charge is 2.19.